The second kappa shape index (κ2) is 11.8. The molecule has 26 heavy (non-hydrogen) atoms. The van der Waals surface area contributed by atoms with E-state index in [0.29, 0.717) is 12.6 Å². The number of likely N-dealkylation sites (tertiary alicyclic amines) is 1. The summed E-state index contributed by atoms with van der Waals surface area (Å²) in [5.74, 6) is 0.778. The van der Waals surface area contributed by atoms with Crippen LogP contribution in [-0.2, 0) is 5.60 Å². The van der Waals surface area contributed by atoms with Gasteiger partial charge in [0.25, 0.3) is 0 Å². The largest absolute Gasteiger partial charge is 0.384 e. The van der Waals surface area contributed by atoms with E-state index >= 15 is 0 Å². The van der Waals surface area contributed by atoms with E-state index < -0.39 is 5.60 Å². The molecule has 0 aromatic heterocycles. The lowest BCUT2D eigenvalue weighted by molar-refractivity contribution is 0.0672. The van der Waals surface area contributed by atoms with E-state index in [4.69, 9.17) is 0 Å². The van der Waals surface area contributed by atoms with Gasteiger partial charge < -0.3 is 15.7 Å². The smallest absolute Gasteiger partial charge is 0.191 e. The summed E-state index contributed by atoms with van der Waals surface area (Å²) in [4.78, 5) is 7.16. The topological polar surface area (TPSA) is 59.9 Å². The molecule has 5 nitrogen and oxygen atoms in total. The quantitative estimate of drug-likeness (QED) is 0.323. The van der Waals surface area contributed by atoms with Gasteiger partial charge in [0.05, 0.1) is 6.54 Å². The zero-order valence-corrected chi connectivity index (χ0v) is 18.7. The Morgan fingerprint density at radius 2 is 1.96 bits per heavy atom. The molecule has 1 aliphatic heterocycles. The number of hydrogen-bond donors (Lipinski definition) is 3. The maximum Gasteiger partial charge on any atom is 0.191 e. The predicted octanol–water partition coefficient (Wildman–Crippen LogP) is 2.94. The lowest BCUT2D eigenvalue weighted by atomic mass is 9.96. The Balaban J connectivity index is 0.00000338. The van der Waals surface area contributed by atoms with Crippen molar-refractivity contribution in [1.82, 2.24) is 15.5 Å². The van der Waals surface area contributed by atoms with E-state index in [0.717, 1.165) is 31.2 Å². The van der Waals surface area contributed by atoms with Crippen LogP contribution in [0.5, 0.6) is 0 Å². The van der Waals surface area contributed by atoms with Gasteiger partial charge >= 0.3 is 0 Å². The van der Waals surface area contributed by atoms with Crippen LogP contribution in [0.25, 0.3) is 0 Å². The summed E-state index contributed by atoms with van der Waals surface area (Å²) >= 11 is 0. The van der Waals surface area contributed by atoms with Crippen molar-refractivity contribution in [2.75, 3.05) is 32.7 Å². The average Bonchev–Trinajstić information content (AvgIpc) is 2.65. The van der Waals surface area contributed by atoms with Crippen LogP contribution in [0, 0.1) is 0 Å². The van der Waals surface area contributed by atoms with Crippen LogP contribution in [0.2, 0.25) is 0 Å². The molecule has 1 aromatic carbocycles. The summed E-state index contributed by atoms with van der Waals surface area (Å²) in [6, 6.07) is 10.3. The molecular weight excluding hydrogens is 439 g/mol. The van der Waals surface area contributed by atoms with Crippen LogP contribution >= 0.6 is 24.0 Å². The van der Waals surface area contributed by atoms with Crippen molar-refractivity contribution in [1.29, 1.82) is 0 Å². The fourth-order valence-electron chi connectivity index (χ4n) is 3.39. The summed E-state index contributed by atoms with van der Waals surface area (Å²) in [7, 11) is 0. The van der Waals surface area contributed by atoms with E-state index in [-0.39, 0.29) is 24.0 Å². The van der Waals surface area contributed by atoms with Crippen LogP contribution in [0.15, 0.2) is 35.3 Å². The molecule has 0 aliphatic carbocycles. The number of nitrogens with zero attached hydrogens (tertiary/aromatic N) is 2. The number of rotatable bonds is 7. The number of piperidine rings is 1. The highest BCUT2D eigenvalue weighted by atomic mass is 127. The Bertz CT molecular complexity index is 536. The first-order valence-electron chi connectivity index (χ1n) is 9.61. The van der Waals surface area contributed by atoms with Gasteiger partial charge in [-0.15, -0.1) is 24.0 Å². The van der Waals surface area contributed by atoms with Crippen molar-refractivity contribution in [3.8, 4) is 0 Å². The van der Waals surface area contributed by atoms with Crippen LogP contribution in [0.1, 0.15) is 45.6 Å². The zero-order chi connectivity index (χ0) is 18.1. The normalized spacial score (nSPS) is 20.8. The molecule has 1 heterocycles. The highest BCUT2D eigenvalue weighted by Crippen LogP contribution is 2.20. The van der Waals surface area contributed by atoms with Crippen molar-refractivity contribution in [3.05, 3.63) is 35.9 Å². The van der Waals surface area contributed by atoms with E-state index in [2.05, 4.69) is 34.4 Å². The van der Waals surface area contributed by atoms with Gasteiger partial charge in [-0.25, -0.2) is 4.99 Å². The monoisotopic (exact) mass is 474 g/mol. The number of benzene rings is 1. The number of nitrogens with one attached hydrogen (secondary N) is 2. The van der Waals surface area contributed by atoms with Gasteiger partial charge in [-0.3, -0.25) is 4.90 Å². The third-order valence-corrected chi connectivity index (χ3v) is 4.95. The maximum absolute atomic E-state index is 10.7. The molecule has 0 radical (unpaired) electrons. The minimum Gasteiger partial charge on any atom is -0.384 e. The molecule has 6 heteroatoms. The van der Waals surface area contributed by atoms with Crippen molar-refractivity contribution >= 4 is 29.9 Å². The molecule has 0 amide bonds. The first-order chi connectivity index (χ1) is 12.1. The van der Waals surface area contributed by atoms with E-state index in [1.54, 1.807) is 0 Å². The first kappa shape index (κ1) is 23.2. The fourth-order valence-corrected chi connectivity index (χ4v) is 3.39. The van der Waals surface area contributed by atoms with Crippen molar-refractivity contribution in [2.24, 2.45) is 4.99 Å². The average molecular weight is 474 g/mol. The van der Waals surface area contributed by atoms with E-state index in [9.17, 15) is 5.11 Å². The van der Waals surface area contributed by atoms with Crippen LogP contribution < -0.4 is 10.6 Å². The summed E-state index contributed by atoms with van der Waals surface area (Å²) < 4.78 is 0. The molecule has 1 aromatic rings. The van der Waals surface area contributed by atoms with Gasteiger partial charge in [-0.05, 0) is 45.3 Å². The summed E-state index contributed by atoms with van der Waals surface area (Å²) in [5.41, 5.74) is -0.0804. The van der Waals surface area contributed by atoms with Gasteiger partial charge in [-0.1, -0.05) is 43.7 Å². The molecule has 1 saturated heterocycles. The number of halogens is 1. The Morgan fingerprint density at radius 3 is 2.62 bits per heavy atom. The molecule has 0 spiro atoms. The summed E-state index contributed by atoms with van der Waals surface area (Å²) in [6.07, 6.45) is 3.85. The molecule has 148 valence electrons. The number of aliphatic hydroxyl groups is 1. The number of aliphatic imine (C=N–C) groups is 1. The van der Waals surface area contributed by atoms with Crippen molar-refractivity contribution in [3.63, 3.8) is 0 Å². The molecule has 3 N–H and O–H groups in total. The minimum absolute atomic E-state index is 0. The predicted molar refractivity (Wildman–Crippen MR) is 120 cm³/mol. The zero-order valence-electron chi connectivity index (χ0n) is 16.4. The van der Waals surface area contributed by atoms with Gasteiger partial charge in [0.15, 0.2) is 5.96 Å². The van der Waals surface area contributed by atoms with E-state index in [1.807, 2.05) is 37.3 Å². The molecular formula is C20H35IN4O. The molecule has 1 aliphatic rings. The number of likely N-dealkylation sites (N-methyl/N-ethyl adjacent to an activating group) is 1. The van der Waals surface area contributed by atoms with E-state index in [1.165, 1.54) is 25.8 Å². The Kier molecular flexibility index (Phi) is 10.5. The van der Waals surface area contributed by atoms with Gasteiger partial charge in [0.1, 0.15) is 5.60 Å². The second-order valence-corrected chi connectivity index (χ2v) is 6.99. The Morgan fingerprint density at radius 1 is 1.23 bits per heavy atom. The standard InChI is InChI=1S/C20H34N4O.HI/c1-4-21-19(22-15-18-13-9-10-14-24(18)5-2)23-16-20(3,25)17-11-7-6-8-12-17;/h6-8,11-12,18,25H,4-5,9-10,13-16H2,1-3H3,(H2,21,22,23);1H. The molecule has 2 unspecified atom stereocenters. The van der Waals surface area contributed by atoms with Gasteiger partial charge in [0.2, 0.25) is 0 Å². The molecule has 1 fully saturated rings. The fraction of sp³-hybridized carbons (Fsp3) is 0.650. The summed E-state index contributed by atoms with van der Waals surface area (Å²) in [6.45, 7) is 10.4. The third-order valence-electron chi connectivity index (χ3n) is 4.95. The lowest BCUT2D eigenvalue weighted by Crippen LogP contribution is -2.49. The SMILES string of the molecule is CCNC(=NCC(C)(O)c1ccccc1)NCC1CCCCN1CC.I. The van der Waals surface area contributed by atoms with Crippen molar-refractivity contribution < 1.29 is 5.11 Å². The van der Waals surface area contributed by atoms with Crippen LogP contribution in [-0.4, -0.2) is 54.7 Å². The Hall–Kier alpha value is -0.860. The van der Waals surface area contributed by atoms with Gasteiger partial charge in [0, 0.05) is 19.1 Å². The first-order valence-corrected chi connectivity index (χ1v) is 9.61. The molecule has 0 bridgehead atoms. The highest BCUT2D eigenvalue weighted by Gasteiger charge is 2.23. The minimum atomic E-state index is -0.968. The Labute approximate surface area is 175 Å². The number of hydrogen-bond acceptors (Lipinski definition) is 3. The molecule has 2 atom stereocenters. The van der Waals surface area contributed by atoms with Gasteiger partial charge in [-0.2, -0.15) is 0 Å². The summed E-state index contributed by atoms with van der Waals surface area (Å²) in [5, 5.41) is 17.5. The third kappa shape index (κ3) is 7.04. The molecule has 0 saturated carbocycles. The maximum atomic E-state index is 10.7. The van der Waals surface area contributed by atoms with Crippen LogP contribution in [0.3, 0.4) is 0 Å². The van der Waals surface area contributed by atoms with Crippen molar-refractivity contribution in [2.45, 2.75) is 51.7 Å². The molecule has 2 rings (SSSR count). The lowest BCUT2D eigenvalue weighted by Gasteiger charge is -2.35. The van der Waals surface area contributed by atoms with Crippen LogP contribution in [0.4, 0.5) is 0 Å². The second-order valence-electron chi connectivity index (χ2n) is 6.99. The number of guanidine groups is 1. The highest BCUT2D eigenvalue weighted by molar-refractivity contribution is 14.0.